The molecular formula is C53H61N3OS. The van der Waals surface area contributed by atoms with Crippen LogP contribution in [0.15, 0.2) is 71.9 Å². The molecule has 0 saturated carbocycles. The summed E-state index contributed by atoms with van der Waals surface area (Å²) in [4.78, 5) is 10.6. The number of aliphatic imine (C=N–C) groups is 1. The van der Waals surface area contributed by atoms with Gasteiger partial charge in [0.1, 0.15) is 17.1 Å². The van der Waals surface area contributed by atoms with Gasteiger partial charge in [0.05, 0.1) is 26.5 Å². The molecule has 4 aromatic carbocycles. The lowest BCUT2D eigenvalue weighted by Gasteiger charge is -2.46. The Hall–Kier alpha value is -4.35. The molecule has 0 N–H and O–H groups in total. The van der Waals surface area contributed by atoms with Crippen molar-refractivity contribution in [3.63, 3.8) is 0 Å². The predicted octanol–water partition coefficient (Wildman–Crippen LogP) is 14.2. The van der Waals surface area contributed by atoms with Crippen molar-refractivity contribution in [1.29, 1.82) is 0 Å². The van der Waals surface area contributed by atoms with Crippen LogP contribution in [0, 0.1) is 33.1 Å². The van der Waals surface area contributed by atoms with E-state index < -0.39 is 16.7 Å². The summed E-state index contributed by atoms with van der Waals surface area (Å²) in [5.41, 5.74) is 13.8. The maximum absolute atomic E-state index is 9.77. The molecule has 9 rings (SSSR count). The van der Waals surface area contributed by atoms with Gasteiger partial charge in [-0.2, -0.15) is 0 Å². The SMILES string of the molecule is [2H]C1([2H])c2cc(C)c(C)cc2[C@]2(C(C)(C)C)SC(c3cc(Oc4cc5c(cc4C)C(C)(C)c4cc(C(C)(C)C)cc6c7cc(C)cnc7n-5c46)cc(C(C)(C)C)c3)=N[C@]12C. The van der Waals surface area contributed by atoms with Crippen LogP contribution in [-0.4, -0.2) is 20.1 Å². The van der Waals surface area contributed by atoms with E-state index in [1.54, 1.807) is 11.8 Å². The van der Waals surface area contributed by atoms with Crippen molar-refractivity contribution in [1.82, 2.24) is 9.55 Å². The van der Waals surface area contributed by atoms with Crippen LogP contribution in [0.3, 0.4) is 0 Å². The van der Waals surface area contributed by atoms with Crippen molar-refractivity contribution >= 4 is 38.7 Å². The number of benzene rings is 4. The Kier molecular flexibility index (Phi) is 7.67. The van der Waals surface area contributed by atoms with E-state index in [2.05, 4.69) is 169 Å². The molecule has 2 aliphatic heterocycles. The van der Waals surface area contributed by atoms with Crippen LogP contribution in [0.4, 0.5) is 0 Å². The van der Waals surface area contributed by atoms with E-state index in [0.717, 1.165) is 66.8 Å². The van der Waals surface area contributed by atoms with Gasteiger partial charge in [-0.1, -0.05) is 106 Å². The number of nitrogens with zero attached hydrogens (tertiary/aromatic N) is 3. The van der Waals surface area contributed by atoms with Gasteiger partial charge in [-0.05, 0) is 149 Å². The first kappa shape index (κ1) is 36.7. The molecule has 300 valence electrons. The van der Waals surface area contributed by atoms with Crippen molar-refractivity contribution < 1.29 is 7.48 Å². The Morgan fingerprint density at radius 1 is 0.707 bits per heavy atom. The molecule has 5 heteroatoms. The molecule has 58 heavy (non-hydrogen) atoms. The number of hydrogen-bond acceptors (Lipinski definition) is 4. The molecule has 0 spiro atoms. The second-order valence-corrected chi connectivity index (χ2v) is 22.6. The number of fused-ring (bicyclic) bond motifs is 8. The van der Waals surface area contributed by atoms with Gasteiger partial charge in [-0.25, -0.2) is 4.98 Å². The van der Waals surface area contributed by atoms with E-state index in [9.17, 15) is 2.74 Å². The van der Waals surface area contributed by atoms with E-state index in [-0.39, 0.29) is 21.7 Å². The van der Waals surface area contributed by atoms with Crippen molar-refractivity contribution in [2.75, 3.05) is 0 Å². The van der Waals surface area contributed by atoms with Crippen LogP contribution < -0.4 is 4.74 Å². The van der Waals surface area contributed by atoms with Crippen LogP contribution in [0.1, 0.15) is 147 Å². The molecule has 6 aromatic rings. The largest absolute Gasteiger partial charge is 0.457 e. The first-order chi connectivity index (χ1) is 27.6. The van der Waals surface area contributed by atoms with Gasteiger partial charge in [0, 0.05) is 36.8 Å². The topological polar surface area (TPSA) is 39.4 Å². The van der Waals surface area contributed by atoms with Crippen molar-refractivity contribution in [2.24, 2.45) is 10.4 Å². The second kappa shape index (κ2) is 12.1. The Morgan fingerprint density at radius 3 is 2.03 bits per heavy atom. The standard InChI is InChI=1S/C53H61N3OS/c1-29-17-39-38-24-36(49(8,9)10)25-42-45(38)56(46(39)54-28-29)43-26-44(32(4)20-41(43)51(42,14)15)57-37-22-33(21-35(23-37)48(5,6)7)47-55-52(16)27-34-18-30(2)31(3)19-40(34)53(52,58-47)50(11,12)13/h17-26,28H,27H2,1-16H3/t52-,53-/m1/s1/i27D2. The Bertz CT molecular complexity index is 2900. The Balaban J connectivity index is 1.21. The monoisotopic (exact) mass is 789 g/mol. The highest BCUT2D eigenvalue weighted by Crippen LogP contribution is 2.67. The number of thioether (sulfide) groups is 1. The average molecular weight is 790 g/mol. The molecule has 2 aromatic heterocycles. The molecular weight excluding hydrogens is 727 g/mol. The summed E-state index contributed by atoms with van der Waals surface area (Å²) in [7, 11) is 0. The first-order valence-corrected chi connectivity index (χ1v) is 21.8. The van der Waals surface area contributed by atoms with Gasteiger partial charge in [-0.3, -0.25) is 9.56 Å². The third-order valence-corrected chi connectivity index (χ3v) is 15.6. The fraction of sp³-hybridized carbons (Fsp3) is 0.434. The van der Waals surface area contributed by atoms with Crippen molar-refractivity contribution in [2.45, 2.75) is 144 Å². The van der Waals surface area contributed by atoms with Gasteiger partial charge in [0.25, 0.3) is 0 Å². The smallest absolute Gasteiger partial charge is 0.145 e. The van der Waals surface area contributed by atoms with Crippen LogP contribution in [0.5, 0.6) is 11.5 Å². The molecule has 0 unspecified atom stereocenters. The third-order valence-electron chi connectivity index (χ3n) is 13.5. The zero-order chi connectivity index (χ0) is 43.7. The van der Waals surface area contributed by atoms with Gasteiger partial charge < -0.3 is 4.74 Å². The summed E-state index contributed by atoms with van der Waals surface area (Å²) < 4.78 is 28.4. The summed E-state index contributed by atoms with van der Waals surface area (Å²) >= 11 is 1.74. The van der Waals surface area contributed by atoms with E-state index in [4.69, 9.17) is 14.7 Å². The van der Waals surface area contributed by atoms with Crippen LogP contribution >= 0.6 is 11.8 Å². The lowest BCUT2D eigenvalue weighted by molar-refractivity contribution is 0.203. The number of aromatic nitrogens is 2. The lowest BCUT2D eigenvalue weighted by atomic mass is 9.68. The van der Waals surface area contributed by atoms with Crippen LogP contribution in [0.25, 0.3) is 27.6 Å². The van der Waals surface area contributed by atoms with Gasteiger partial charge in [0.15, 0.2) is 0 Å². The molecule has 0 fully saturated rings. The summed E-state index contributed by atoms with van der Waals surface area (Å²) in [6.45, 7) is 35.6. The van der Waals surface area contributed by atoms with Crippen LogP contribution in [0.2, 0.25) is 0 Å². The zero-order valence-corrected chi connectivity index (χ0v) is 38.3. The minimum Gasteiger partial charge on any atom is -0.457 e. The quantitative estimate of drug-likeness (QED) is 0.179. The molecule has 0 saturated heterocycles. The van der Waals surface area contributed by atoms with Gasteiger partial charge in [-0.15, -0.1) is 0 Å². The normalized spacial score (nSPS) is 22.4. The lowest BCUT2D eigenvalue weighted by Crippen LogP contribution is -2.49. The molecule has 0 radical (unpaired) electrons. The summed E-state index contributed by atoms with van der Waals surface area (Å²) in [5, 5.41) is 3.27. The third kappa shape index (κ3) is 5.47. The molecule has 0 amide bonds. The molecule has 4 heterocycles. The first-order valence-electron chi connectivity index (χ1n) is 22.0. The molecule has 1 aliphatic carbocycles. The minimum absolute atomic E-state index is 0.0125. The van der Waals surface area contributed by atoms with Crippen molar-refractivity contribution in [3.8, 4) is 17.2 Å². The number of ether oxygens (including phenoxy) is 1. The molecule has 0 bridgehead atoms. The van der Waals surface area contributed by atoms with E-state index in [1.165, 1.54) is 38.5 Å². The van der Waals surface area contributed by atoms with E-state index in [1.807, 2.05) is 13.1 Å². The second-order valence-electron chi connectivity index (χ2n) is 21.4. The summed E-state index contributed by atoms with van der Waals surface area (Å²) in [6, 6.07) is 22.5. The van der Waals surface area contributed by atoms with Gasteiger partial charge >= 0.3 is 0 Å². The number of hydrogen-bond donors (Lipinski definition) is 0. The minimum atomic E-state index is -1.67. The Morgan fingerprint density at radius 2 is 1.36 bits per heavy atom. The molecule has 4 nitrogen and oxygen atoms in total. The highest BCUT2D eigenvalue weighted by molar-refractivity contribution is 8.15. The highest BCUT2D eigenvalue weighted by atomic mass is 32.2. The zero-order valence-electron chi connectivity index (χ0n) is 39.5. The fourth-order valence-electron chi connectivity index (χ4n) is 10.1. The van der Waals surface area contributed by atoms with Crippen molar-refractivity contribution in [3.05, 3.63) is 128 Å². The van der Waals surface area contributed by atoms with Crippen LogP contribution in [-0.2, 0) is 27.4 Å². The fourth-order valence-corrected chi connectivity index (χ4v) is 11.7. The van der Waals surface area contributed by atoms with E-state index in [0.29, 0.717) is 0 Å². The average Bonchev–Trinajstić information content (AvgIpc) is 3.69. The number of aryl methyl sites for hydroxylation is 4. The number of rotatable bonds is 3. The van der Waals surface area contributed by atoms with E-state index >= 15 is 0 Å². The predicted molar refractivity (Wildman–Crippen MR) is 247 cm³/mol. The molecule has 2 atom stereocenters. The maximum atomic E-state index is 9.77. The summed E-state index contributed by atoms with van der Waals surface area (Å²) in [6.07, 6.45) is 0.306. The number of pyridine rings is 1. The van der Waals surface area contributed by atoms with Gasteiger partial charge in [0.2, 0.25) is 0 Å². The highest BCUT2D eigenvalue weighted by Gasteiger charge is 2.65. The molecule has 3 aliphatic rings. The Labute approximate surface area is 353 Å². The maximum Gasteiger partial charge on any atom is 0.145 e. The summed E-state index contributed by atoms with van der Waals surface area (Å²) in [5.74, 6) is 1.54.